The Labute approximate surface area is 124 Å². The van der Waals surface area contributed by atoms with Crippen LogP contribution in [0.4, 0.5) is 5.69 Å². The summed E-state index contributed by atoms with van der Waals surface area (Å²) in [5.74, 6) is 0.799. The Hall–Kier alpha value is -3.23. The summed E-state index contributed by atoms with van der Waals surface area (Å²) in [6.45, 7) is 1.56. The monoisotopic (exact) mass is 301 g/mol. The Morgan fingerprint density at radius 2 is 2.23 bits per heavy atom. The van der Waals surface area contributed by atoms with Gasteiger partial charge in [-0.1, -0.05) is 6.07 Å². The average molecular weight is 301 g/mol. The number of aromatic nitrogens is 4. The number of rotatable bonds is 4. The molecule has 1 aromatic carbocycles. The van der Waals surface area contributed by atoms with E-state index in [2.05, 4.69) is 15.3 Å². The van der Waals surface area contributed by atoms with E-state index in [1.807, 2.05) is 0 Å². The molecule has 0 saturated carbocycles. The molecule has 9 heteroatoms. The van der Waals surface area contributed by atoms with Crippen molar-refractivity contribution in [2.75, 3.05) is 0 Å². The SMILES string of the molecule is Cc1nn(C)c(Oc2cccc(-c3nnco3)c2)c1[N+](=O)[O-]. The molecule has 0 aliphatic carbocycles. The third-order valence-corrected chi connectivity index (χ3v) is 2.98. The Kier molecular flexibility index (Phi) is 3.30. The molecule has 0 atom stereocenters. The van der Waals surface area contributed by atoms with Crippen LogP contribution in [0.25, 0.3) is 11.5 Å². The highest BCUT2D eigenvalue weighted by Crippen LogP contribution is 2.34. The van der Waals surface area contributed by atoms with Crippen molar-refractivity contribution in [3.8, 4) is 23.1 Å². The first-order valence-electron chi connectivity index (χ1n) is 6.28. The molecule has 2 aromatic heterocycles. The molecular formula is C13H11N5O4. The highest BCUT2D eigenvalue weighted by Gasteiger charge is 2.26. The van der Waals surface area contributed by atoms with E-state index in [1.165, 1.54) is 11.1 Å². The minimum Gasteiger partial charge on any atom is -0.434 e. The number of benzene rings is 1. The number of nitrogens with zero attached hydrogens (tertiary/aromatic N) is 5. The van der Waals surface area contributed by atoms with Gasteiger partial charge in [0.15, 0.2) is 0 Å². The maximum atomic E-state index is 11.1. The van der Waals surface area contributed by atoms with Gasteiger partial charge in [-0.25, -0.2) is 4.68 Å². The Bertz CT molecular complexity index is 825. The lowest BCUT2D eigenvalue weighted by Crippen LogP contribution is -1.97. The maximum Gasteiger partial charge on any atom is 0.353 e. The Morgan fingerprint density at radius 1 is 1.41 bits per heavy atom. The summed E-state index contributed by atoms with van der Waals surface area (Å²) in [7, 11) is 1.58. The average Bonchev–Trinajstić information content (AvgIpc) is 3.08. The normalized spacial score (nSPS) is 10.6. The van der Waals surface area contributed by atoms with Crippen molar-refractivity contribution in [3.05, 3.63) is 46.5 Å². The van der Waals surface area contributed by atoms with Crippen molar-refractivity contribution in [1.29, 1.82) is 0 Å². The van der Waals surface area contributed by atoms with Crippen molar-refractivity contribution in [3.63, 3.8) is 0 Å². The molecule has 0 aliphatic rings. The second kappa shape index (κ2) is 5.28. The van der Waals surface area contributed by atoms with Crippen LogP contribution in [0.15, 0.2) is 35.1 Å². The van der Waals surface area contributed by atoms with Crippen molar-refractivity contribution in [2.24, 2.45) is 7.05 Å². The number of hydrogen-bond acceptors (Lipinski definition) is 7. The van der Waals surface area contributed by atoms with Crippen LogP contribution in [0, 0.1) is 17.0 Å². The topological polar surface area (TPSA) is 109 Å². The van der Waals surface area contributed by atoms with Crippen LogP contribution in [0.1, 0.15) is 5.69 Å². The molecule has 9 nitrogen and oxygen atoms in total. The van der Waals surface area contributed by atoms with Crippen molar-refractivity contribution < 1.29 is 14.1 Å². The summed E-state index contributed by atoms with van der Waals surface area (Å²) >= 11 is 0. The van der Waals surface area contributed by atoms with E-state index in [0.29, 0.717) is 17.2 Å². The molecule has 0 bridgehead atoms. The second-order valence-corrected chi connectivity index (χ2v) is 4.49. The standard InChI is InChI=1S/C13H11N5O4/c1-8-11(18(19)20)13(17(2)16-8)22-10-5-3-4-9(6-10)12-15-14-7-21-12/h3-7H,1-2H3. The molecule has 112 valence electrons. The van der Waals surface area contributed by atoms with Gasteiger partial charge in [0.2, 0.25) is 12.3 Å². The summed E-state index contributed by atoms with van der Waals surface area (Å²) < 4.78 is 12.1. The third kappa shape index (κ3) is 2.39. The summed E-state index contributed by atoms with van der Waals surface area (Å²) in [4.78, 5) is 10.6. The van der Waals surface area contributed by atoms with Crippen molar-refractivity contribution in [2.45, 2.75) is 6.92 Å². The van der Waals surface area contributed by atoms with E-state index in [1.54, 1.807) is 38.2 Å². The fourth-order valence-corrected chi connectivity index (χ4v) is 2.05. The molecule has 3 aromatic rings. The Balaban J connectivity index is 1.98. The maximum absolute atomic E-state index is 11.1. The molecule has 3 rings (SSSR count). The minimum atomic E-state index is -0.514. The number of ether oxygens (including phenoxy) is 1. The molecule has 0 saturated heterocycles. The molecular weight excluding hydrogens is 290 g/mol. The van der Waals surface area contributed by atoms with Crippen LogP contribution in [0.5, 0.6) is 11.6 Å². The number of nitro groups is 1. The van der Waals surface area contributed by atoms with Crippen LogP contribution in [-0.2, 0) is 7.05 Å². The lowest BCUT2D eigenvalue weighted by atomic mass is 10.2. The van der Waals surface area contributed by atoms with Gasteiger partial charge in [-0.3, -0.25) is 10.1 Å². The fraction of sp³-hybridized carbons (Fsp3) is 0.154. The van der Waals surface area contributed by atoms with E-state index in [-0.39, 0.29) is 17.3 Å². The summed E-state index contributed by atoms with van der Waals surface area (Å²) in [5, 5.41) is 22.6. The number of hydrogen-bond donors (Lipinski definition) is 0. The molecule has 0 N–H and O–H groups in total. The molecule has 0 amide bonds. The van der Waals surface area contributed by atoms with E-state index in [4.69, 9.17) is 9.15 Å². The first-order valence-corrected chi connectivity index (χ1v) is 6.28. The first-order chi connectivity index (χ1) is 10.6. The van der Waals surface area contributed by atoms with Gasteiger partial charge in [-0.15, -0.1) is 10.2 Å². The van der Waals surface area contributed by atoms with Crippen LogP contribution in [0.3, 0.4) is 0 Å². The molecule has 22 heavy (non-hydrogen) atoms. The third-order valence-electron chi connectivity index (χ3n) is 2.98. The van der Waals surface area contributed by atoms with Crippen LogP contribution in [-0.4, -0.2) is 24.9 Å². The van der Waals surface area contributed by atoms with Gasteiger partial charge in [-0.05, 0) is 25.1 Å². The summed E-state index contributed by atoms with van der Waals surface area (Å²) in [5.41, 5.74) is 0.776. The van der Waals surface area contributed by atoms with Crippen molar-refractivity contribution >= 4 is 5.69 Å². The Morgan fingerprint density at radius 3 is 2.91 bits per heavy atom. The molecule has 2 heterocycles. The van der Waals surface area contributed by atoms with Crippen molar-refractivity contribution in [1.82, 2.24) is 20.0 Å². The minimum absolute atomic E-state index is 0.0604. The van der Waals surface area contributed by atoms with Gasteiger partial charge in [0.1, 0.15) is 11.4 Å². The molecule has 0 fully saturated rings. The van der Waals surface area contributed by atoms with Gasteiger partial charge in [0, 0.05) is 12.6 Å². The second-order valence-electron chi connectivity index (χ2n) is 4.49. The van der Waals surface area contributed by atoms with Crippen LogP contribution < -0.4 is 4.74 Å². The molecule has 0 aliphatic heterocycles. The van der Waals surface area contributed by atoms with Gasteiger partial charge in [0.25, 0.3) is 5.88 Å². The fourth-order valence-electron chi connectivity index (χ4n) is 2.05. The van der Waals surface area contributed by atoms with E-state index >= 15 is 0 Å². The lowest BCUT2D eigenvalue weighted by Gasteiger charge is -2.06. The predicted molar refractivity (Wildman–Crippen MR) is 74.4 cm³/mol. The predicted octanol–water partition coefficient (Wildman–Crippen LogP) is 2.48. The van der Waals surface area contributed by atoms with Gasteiger partial charge in [-0.2, -0.15) is 5.10 Å². The van der Waals surface area contributed by atoms with Gasteiger partial charge >= 0.3 is 5.69 Å². The van der Waals surface area contributed by atoms with E-state index < -0.39 is 4.92 Å². The van der Waals surface area contributed by atoms with Gasteiger partial charge in [0.05, 0.1) is 4.92 Å². The highest BCUT2D eigenvalue weighted by atomic mass is 16.6. The van der Waals surface area contributed by atoms with E-state index in [9.17, 15) is 10.1 Å². The molecule has 0 unspecified atom stereocenters. The largest absolute Gasteiger partial charge is 0.434 e. The van der Waals surface area contributed by atoms with Crippen LogP contribution >= 0.6 is 0 Å². The zero-order valence-electron chi connectivity index (χ0n) is 11.8. The summed E-state index contributed by atoms with van der Waals surface area (Å²) in [6, 6.07) is 6.82. The zero-order chi connectivity index (χ0) is 15.7. The quantitative estimate of drug-likeness (QED) is 0.537. The smallest absolute Gasteiger partial charge is 0.353 e. The van der Waals surface area contributed by atoms with E-state index in [0.717, 1.165) is 0 Å². The number of aryl methyl sites for hydroxylation is 2. The summed E-state index contributed by atoms with van der Waals surface area (Å²) in [6.07, 6.45) is 1.22. The molecule has 0 radical (unpaired) electrons. The molecule has 0 spiro atoms. The first kappa shape index (κ1) is 13.7. The zero-order valence-corrected chi connectivity index (χ0v) is 11.8. The van der Waals surface area contributed by atoms with Gasteiger partial charge < -0.3 is 9.15 Å². The lowest BCUT2D eigenvalue weighted by molar-refractivity contribution is -0.386. The van der Waals surface area contributed by atoms with Crippen LogP contribution in [0.2, 0.25) is 0 Å². The highest BCUT2D eigenvalue weighted by molar-refractivity contribution is 5.56.